The molecule has 0 atom stereocenters. The second-order valence-corrected chi connectivity index (χ2v) is 14.8. The quantitative estimate of drug-likeness (QED) is 0.0828. The van der Waals surface area contributed by atoms with Gasteiger partial charge < -0.3 is 15.2 Å². The summed E-state index contributed by atoms with van der Waals surface area (Å²) in [5.74, 6) is 13.0. The molecular formula is C50H44N10O2. The Labute approximate surface area is 360 Å². The number of aromatic amines is 1. The molecule has 0 bridgehead atoms. The molecule has 4 aromatic carbocycles. The minimum atomic E-state index is -0.167. The average molecular weight is 817 g/mol. The van der Waals surface area contributed by atoms with E-state index in [1.165, 1.54) is 0 Å². The molecule has 0 unspecified atom stereocenters. The van der Waals surface area contributed by atoms with Crippen LogP contribution < -0.4 is 10.6 Å². The number of carbonyl (C=O) groups excluding carboxylic acids is 2. The van der Waals surface area contributed by atoms with E-state index < -0.39 is 0 Å². The summed E-state index contributed by atoms with van der Waals surface area (Å²) in [6.45, 7) is 5.91. The Morgan fingerprint density at radius 3 is 2.16 bits per heavy atom. The molecule has 8 rings (SSSR count). The highest BCUT2D eigenvalue weighted by Gasteiger charge is 2.16. The first kappa shape index (κ1) is 40.6. The maximum absolute atomic E-state index is 13.4. The van der Waals surface area contributed by atoms with Crippen LogP contribution in [0.2, 0.25) is 0 Å². The van der Waals surface area contributed by atoms with Crippen LogP contribution in [0.4, 0.5) is 0 Å². The molecule has 0 fully saturated rings. The van der Waals surface area contributed by atoms with Gasteiger partial charge in [-0.2, -0.15) is 15.3 Å². The number of imidazole rings is 1. The summed E-state index contributed by atoms with van der Waals surface area (Å²) >= 11 is 0. The molecule has 0 aliphatic carbocycles. The van der Waals surface area contributed by atoms with E-state index in [0.717, 1.165) is 76.3 Å². The number of H-pyrrole nitrogens is 1. The molecule has 62 heavy (non-hydrogen) atoms. The Morgan fingerprint density at radius 1 is 0.710 bits per heavy atom. The molecule has 4 aromatic heterocycles. The fourth-order valence-corrected chi connectivity index (χ4v) is 7.08. The van der Waals surface area contributed by atoms with E-state index in [9.17, 15) is 9.59 Å². The molecule has 4 heterocycles. The van der Waals surface area contributed by atoms with Gasteiger partial charge in [-0.25, -0.2) is 14.3 Å². The molecule has 12 nitrogen and oxygen atoms in total. The van der Waals surface area contributed by atoms with Gasteiger partial charge in [0.25, 0.3) is 11.8 Å². The smallest absolute Gasteiger partial charge is 0.251 e. The van der Waals surface area contributed by atoms with Gasteiger partial charge in [0, 0.05) is 78.4 Å². The third-order valence-corrected chi connectivity index (χ3v) is 10.3. The van der Waals surface area contributed by atoms with Crippen molar-refractivity contribution in [3.63, 3.8) is 0 Å². The summed E-state index contributed by atoms with van der Waals surface area (Å²) in [6.07, 6.45) is 16.8. The number of amides is 2. The molecule has 0 spiro atoms. The maximum Gasteiger partial charge on any atom is 0.251 e. The monoisotopic (exact) mass is 816 g/mol. The predicted octanol–water partition coefficient (Wildman–Crippen LogP) is 7.24. The second-order valence-electron chi connectivity index (χ2n) is 14.8. The Morgan fingerprint density at radius 2 is 1.47 bits per heavy atom. The van der Waals surface area contributed by atoms with E-state index >= 15 is 0 Å². The van der Waals surface area contributed by atoms with Crippen LogP contribution >= 0.6 is 0 Å². The van der Waals surface area contributed by atoms with Gasteiger partial charge in [0.15, 0.2) is 0 Å². The van der Waals surface area contributed by atoms with Crippen LogP contribution in [0.1, 0.15) is 72.5 Å². The Hall–Kier alpha value is -8.22. The third-order valence-electron chi connectivity index (χ3n) is 10.3. The topological polar surface area (TPSA) is 140 Å². The van der Waals surface area contributed by atoms with E-state index in [2.05, 4.69) is 54.6 Å². The van der Waals surface area contributed by atoms with Gasteiger partial charge in [-0.3, -0.25) is 14.7 Å². The lowest BCUT2D eigenvalue weighted by Gasteiger charge is -2.13. The van der Waals surface area contributed by atoms with Crippen LogP contribution in [0.25, 0.3) is 22.6 Å². The standard InChI is InChI=1S/C50H44N10O2/c1-36-7-3-8-38(29-36)10-14-42-32-44(49(61)52-21-4-9-40-33-54-55-34-40)16-19-47(42)60-48(20-24-57-60)45-17-12-39(30-37(45)2)11-13-41-31-43(15-18-46(41)59-27-6-23-56-59)50(62)53-22-5-26-58-28-25-51-35-58/h3,6-8,12,15-20,23-25,27-35H,4-5,9,21-22,26H2,1-2H3,(H,52,61)(H,53,62)(H,54,55). The van der Waals surface area contributed by atoms with Crippen molar-refractivity contribution in [2.24, 2.45) is 0 Å². The van der Waals surface area contributed by atoms with Crippen LogP contribution in [-0.4, -0.2) is 64.2 Å². The van der Waals surface area contributed by atoms with Gasteiger partial charge in [-0.15, -0.1) is 0 Å². The largest absolute Gasteiger partial charge is 0.352 e. The summed E-state index contributed by atoms with van der Waals surface area (Å²) in [7, 11) is 0. The minimum absolute atomic E-state index is 0.165. The summed E-state index contributed by atoms with van der Waals surface area (Å²) in [5, 5.41) is 22.1. The highest BCUT2D eigenvalue weighted by Crippen LogP contribution is 2.28. The molecule has 306 valence electrons. The average Bonchev–Trinajstić information content (AvgIpc) is 4.15. The predicted molar refractivity (Wildman–Crippen MR) is 239 cm³/mol. The normalized spacial score (nSPS) is 10.7. The number of benzene rings is 4. The van der Waals surface area contributed by atoms with E-state index in [-0.39, 0.29) is 11.8 Å². The molecule has 8 aromatic rings. The van der Waals surface area contributed by atoms with Crippen molar-refractivity contribution in [3.05, 3.63) is 191 Å². The van der Waals surface area contributed by atoms with Crippen LogP contribution in [0.3, 0.4) is 0 Å². The highest BCUT2D eigenvalue weighted by atomic mass is 16.2. The number of rotatable bonds is 13. The zero-order valence-corrected chi connectivity index (χ0v) is 34.5. The lowest BCUT2D eigenvalue weighted by molar-refractivity contribution is 0.0944. The molecule has 0 saturated carbocycles. The van der Waals surface area contributed by atoms with Gasteiger partial charge >= 0.3 is 0 Å². The van der Waals surface area contributed by atoms with Crippen molar-refractivity contribution in [2.75, 3.05) is 13.1 Å². The number of nitrogens with zero attached hydrogens (tertiary/aromatic N) is 7. The van der Waals surface area contributed by atoms with Crippen molar-refractivity contribution in [1.29, 1.82) is 0 Å². The first-order valence-corrected chi connectivity index (χ1v) is 20.4. The fourth-order valence-electron chi connectivity index (χ4n) is 7.08. The Bertz CT molecular complexity index is 2940. The van der Waals surface area contributed by atoms with Crippen LogP contribution in [0, 0.1) is 37.5 Å². The summed E-state index contributed by atoms with van der Waals surface area (Å²) < 4.78 is 5.59. The van der Waals surface area contributed by atoms with Gasteiger partial charge in [0.2, 0.25) is 0 Å². The van der Waals surface area contributed by atoms with Gasteiger partial charge in [0.05, 0.1) is 46.9 Å². The zero-order valence-electron chi connectivity index (χ0n) is 34.5. The maximum atomic E-state index is 13.4. The van der Waals surface area contributed by atoms with Crippen LogP contribution in [0.5, 0.6) is 0 Å². The lowest BCUT2D eigenvalue weighted by atomic mass is 10.0. The summed E-state index contributed by atoms with van der Waals surface area (Å²) in [5.41, 5.74) is 10.6. The number of aromatic nitrogens is 8. The van der Waals surface area contributed by atoms with Gasteiger partial charge in [-0.1, -0.05) is 41.9 Å². The Kier molecular flexibility index (Phi) is 12.6. The van der Waals surface area contributed by atoms with E-state index in [0.29, 0.717) is 35.3 Å². The van der Waals surface area contributed by atoms with Gasteiger partial charge in [-0.05, 0) is 123 Å². The van der Waals surface area contributed by atoms with E-state index in [1.54, 1.807) is 41.9 Å². The molecule has 0 aliphatic rings. The third kappa shape index (κ3) is 9.96. The number of aryl methyl sites for hydroxylation is 4. The lowest BCUT2D eigenvalue weighted by Crippen LogP contribution is -2.25. The molecule has 3 N–H and O–H groups in total. The second kappa shape index (κ2) is 19.2. The van der Waals surface area contributed by atoms with Crippen molar-refractivity contribution >= 4 is 11.8 Å². The molecule has 0 radical (unpaired) electrons. The molecule has 0 saturated heterocycles. The van der Waals surface area contributed by atoms with E-state index in [4.69, 9.17) is 5.10 Å². The molecule has 2 amide bonds. The van der Waals surface area contributed by atoms with Crippen LogP contribution in [0.15, 0.2) is 141 Å². The number of hydrogen-bond acceptors (Lipinski definition) is 6. The molecular weight excluding hydrogens is 773 g/mol. The van der Waals surface area contributed by atoms with Crippen molar-refractivity contribution in [1.82, 2.24) is 49.9 Å². The fraction of sp³-hybridized carbons (Fsp3) is 0.160. The van der Waals surface area contributed by atoms with Crippen LogP contribution in [-0.2, 0) is 13.0 Å². The van der Waals surface area contributed by atoms with Crippen molar-refractivity contribution < 1.29 is 9.59 Å². The van der Waals surface area contributed by atoms with Crippen molar-refractivity contribution in [3.8, 4) is 46.3 Å². The number of hydrogen-bond donors (Lipinski definition) is 3. The summed E-state index contributed by atoms with van der Waals surface area (Å²) in [6, 6.07) is 28.9. The number of carbonyl (C=O) groups is 2. The first-order chi connectivity index (χ1) is 30.4. The first-order valence-electron chi connectivity index (χ1n) is 20.4. The van der Waals surface area contributed by atoms with E-state index in [1.807, 2.05) is 127 Å². The summed E-state index contributed by atoms with van der Waals surface area (Å²) in [4.78, 5) is 30.6. The number of nitrogens with one attached hydrogen (secondary N) is 3. The van der Waals surface area contributed by atoms with Crippen molar-refractivity contribution in [2.45, 2.75) is 39.7 Å². The molecule has 0 aliphatic heterocycles. The highest BCUT2D eigenvalue weighted by molar-refractivity contribution is 5.95. The molecule has 12 heteroatoms. The van der Waals surface area contributed by atoms with Gasteiger partial charge in [0.1, 0.15) is 0 Å². The zero-order chi connectivity index (χ0) is 42.7. The SMILES string of the molecule is Cc1cccc(C#Cc2cc(C(=O)NCCCc3cn[nH]c3)ccc2-n2nccc2-c2ccc(C#Cc3cc(C(=O)NCCCn4ccnc4)ccc3-n3cccn3)cc2C)c1. The Balaban J connectivity index is 1.04. The minimum Gasteiger partial charge on any atom is -0.352 e.